The van der Waals surface area contributed by atoms with Crippen LogP contribution in [0.3, 0.4) is 0 Å². The van der Waals surface area contributed by atoms with Crippen molar-refractivity contribution in [3.63, 3.8) is 0 Å². The Morgan fingerprint density at radius 1 is 1.56 bits per heavy atom. The Hall–Kier alpha value is -1.07. The Labute approximate surface area is 114 Å². The van der Waals surface area contributed by atoms with Crippen LogP contribution in [0.4, 0.5) is 0 Å². The summed E-state index contributed by atoms with van der Waals surface area (Å²) in [5.41, 5.74) is 6.47. The molecule has 1 aromatic heterocycles. The van der Waals surface area contributed by atoms with E-state index in [1.54, 1.807) is 10.9 Å². The molecule has 102 valence electrons. The molecule has 6 heteroatoms. The zero-order chi connectivity index (χ0) is 12.3. The van der Waals surface area contributed by atoms with E-state index in [4.69, 9.17) is 5.73 Å². The summed E-state index contributed by atoms with van der Waals surface area (Å²) in [6.07, 6.45) is 7.73. The van der Waals surface area contributed by atoms with E-state index in [0.717, 1.165) is 31.2 Å². The van der Waals surface area contributed by atoms with Gasteiger partial charge in [-0.1, -0.05) is 12.8 Å². The third-order valence-electron chi connectivity index (χ3n) is 3.64. The van der Waals surface area contributed by atoms with Crippen molar-refractivity contribution in [2.75, 3.05) is 6.54 Å². The van der Waals surface area contributed by atoms with E-state index in [1.807, 2.05) is 13.2 Å². The number of carbonyl (C=O) groups excluding carboxylic acids is 1. The van der Waals surface area contributed by atoms with E-state index in [2.05, 4.69) is 10.4 Å². The second-order valence-corrected chi connectivity index (χ2v) is 4.90. The molecule has 0 bridgehead atoms. The van der Waals surface area contributed by atoms with Crippen LogP contribution in [0.5, 0.6) is 0 Å². The van der Waals surface area contributed by atoms with E-state index < -0.39 is 0 Å². The zero-order valence-electron chi connectivity index (χ0n) is 10.7. The van der Waals surface area contributed by atoms with E-state index >= 15 is 0 Å². The second kappa shape index (κ2) is 6.20. The van der Waals surface area contributed by atoms with Gasteiger partial charge in [-0.2, -0.15) is 5.10 Å². The van der Waals surface area contributed by atoms with Crippen LogP contribution in [0.1, 0.15) is 31.2 Å². The molecule has 0 atom stereocenters. The number of rotatable bonds is 4. The van der Waals surface area contributed by atoms with Gasteiger partial charge in [-0.15, -0.1) is 12.4 Å². The van der Waals surface area contributed by atoms with Gasteiger partial charge in [-0.3, -0.25) is 9.48 Å². The fourth-order valence-corrected chi connectivity index (χ4v) is 2.51. The molecule has 0 aliphatic heterocycles. The third kappa shape index (κ3) is 3.03. The van der Waals surface area contributed by atoms with Gasteiger partial charge in [0.1, 0.15) is 0 Å². The first kappa shape index (κ1) is 15.0. The molecular formula is C12H21ClN4O. The molecule has 0 spiro atoms. The van der Waals surface area contributed by atoms with Crippen molar-refractivity contribution in [3.8, 4) is 0 Å². The van der Waals surface area contributed by atoms with Crippen LogP contribution in [-0.4, -0.2) is 22.2 Å². The second-order valence-electron chi connectivity index (χ2n) is 4.90. The summed E-state index contributed by atoms with van der Waals surface area (Å²) in [6.45, 7) is 0.986. The predicted octanol–water partition coefficient (Wildman–Crippen LogP) is 0.977. The number of nitrogens with one attached hydrogen (secondary N) is 1. The maximum atomic E-state index is 12.2. The Morgan fingerprint density at radius 2 is 2.22 bits per heavy atom. The Balaban J connectivity index is 0.00000162. The maximum absolute atomic E-state index is 12.2. The highest BCUT2D eigenvalue weighted by molar-refractivity contribution is 5.85. The lowest BCUT2D eigenvalue weighted by Gasteiger charge is -2.25. The molecule has 0 saturated heterocycles. The molecule has 1 saturated carbocycles. The van der Waals surface area contributed by atoms with Gasteiger partial charge in [-0.25, -0.2) is 0 Å². The molecule has 1 heterocycles. The van der Waals surface area contributed by atoms with Gasteiger partial charge in [0, 0.05) is 31.9 Å². The topological polar surface area (TPSA) is 72.9 Å². The summed E-state index contributed by atoms with van der Waals surface area (Å²) in [5, 5.41) is 7.04. The molecule has 3 N–H and O–H groups in total. The minimum atomic E-state index is -0.317. The van der Waals surface area contributed by atoms with Gasteiger partial charge in [0.2, 0.25) is 5.91 Å². The summed E-state index contributed by atoms with van der Waals surface area (Å²) in [5.74, 6) is 0.0985. The lowest BCUT2D eigenvalue weighted by atomic mass is 9.85. The van der Waals surface area contributed by atoms with E-state index in [0.29, 0.717) is 13.1 Å². The highest BCUT2D eigenvalue weighted by Crippen LogP contribution is 2.37. The first-order valence-corrected chi connectivity index (χ1v) is 6.12. The quantitative estimate of drug-likeness (QED) is 0.858. The number of hydrogen-bond acceptors (Lipinski definition) is 3. The molecular weight excluding hydrogens is 252 g/mol. The minimum absolute atomic E-state index is 0. The average molecular weight is 273 g/mol. The zero-order valence-corrected chi connectivity index (χ0v) is 11.5. The molecule has 18 heavy (non-hydrogen) atoms. The molecule has 0 radical (unpaired) electrons. The normalized spacial score (nSPS) is 17.2. The fourth-order valence-electron chi connectivity index (χ4n) is 2.51. The van der Waals surface area contributed by atoms with Crippen molar-refractivity contribution >= 4 is 18.3 Å². The third-order valence-corrected chi connectivity index (χ3v) is 3.64. The standard InChI is InChI=1S/C12H20N4O.ClH/c1-16-8-10(7-15-16)6-14-11(17)12(9-13)4-2-3-5-12;/h7-8H,2-6,9,13H2,1H3,(H,14,17);1H. The Morgan fingerprint density at radius 3 is 2.72 bits per heavy atom. The number of nitrogens with zero attached hydrogens (tertiary/aromatic N) is 2. The lowest BCUT2D eigenvalue weighted by molar-refractivity contribution is -0.130. The van der Waals surface area contributed by atoms with Crippen LogP contribution in [0.25, 0.3) is 0 Å². The smallest absolute Gasteiger partial charge is 0.227 e. The minimum Gasteiger partial charge on any atom is -0.351 e. The SMILES string of the molecule is Cl.Cn1cc(CNC(=O)C2(CN)CCCC2)cn1. The number of aryl methyl sites for hydroxylation is 1. The van der Waals surface area contributed by atoms with Gasteiger partial charge < -0.3 is 11.1 Å². The largest absolute Gasteiger partial charge is 0.351 e. The summed E-state index contributed by atoms with van der Waals surface area (Å²) in [4.78, 5) is 12.2. The van der Waals surface area contributed by atoms with Gasteiger partial charge in [-0.05, 0) is 12.8 Å². The lowest BCUT2D eigenvalue weighted by Crippen LogP contribution is -2.43. The number of aromatic nitrogens is 2. The Kier molecular flexibility index (Phi) is 5.16. The van der Waals surface area contributed by atoms with Crippen LogP contribution in [0.2, 0.25) is 0 Å². The van der Waals surface area contributed by atoms with Crippen molar-refractivity contribution in [2.45, 2.75) is 32.2 Å². The van der Waals surface area contributed by atoms with Crippen molar-refractivity contribution in [1.82, 2.24) is 15.1 Å². The summed E-state index contributed by atoms with van der Waals surface area (Å²) in [7, 11) is 1.86. The van der Waals surface area contributed by atoms with Crippen LogP contribution < -0.4 is 11.1 Å². The van der Waals surface area contributed by atoms with Crippen LogP contribution in [0.15, 0.2) is 12.4 Å². The number of halogens is 1. The average Bonchev–Trinajstić information content (AvgIpc) is 2.95. The van der Waals surface area contributed by atoms with Gasteiger partial charge in [0.15, 0.2) is 0 Å². The maximum Gasteiger partial charge on any atom is 0.227 e. The van der Waals surface area contributed by atoms with Crippen molar-refractivity contribution in [2.24, 2.45) is 18.2 Å². The number of carbonyl (C=O) groups is 1. The molecule has 1 fully saturated rings. The van der Waals surface area contributed by atoms with Crippen LogP contribution in [-0.2, 0) is 18.4 Å². The predicted molar refractivity (Wildman–Crippen MR) is 72.3 cm³/mol. The van der Waals surface area contributed by atoms with Crippen LogP contribution in [0, 0.1) is 5.41 Å². The van der Waals surface area contributed by atoms with Crippen molar-refractivity contribution in [1.29, 1.82) is 0 Å². The molecule has 2 rings (SSSR count). The molecule has 0 aromatic carbocycles. The molecule has 1 amide bonds. The number of amides is 1. The molecule has 1 aliphatic carbocycles. The van der Waals surface area contributed by atoms with Gasteiger partial charge in [0.05, 0.1) is 11.6 Å². The fraction of sp³-hybridized carbons (Fsp3) is 0.667. The first-order chi connectivity index (χ1) is 8.16. The van der Waals surface area contributed by atoms with Crippen LogP contribution >= 0.6 is 12.4 Å². The van der Waals surface area contributed by atoms with Gasteiger partial charge >= 0.3 is 0 Å². The molecule has 1 aliphatic rings. The number of hydrogen-bond donors (Lipinski definition) is 2. The summed E-state index contributed by atoms with van der Waals surface area (Å²) >= 11 is 0. The molecule has 0 unspecified atom stereocenters. The van der Waals surface area contributed by atoms with Crippen molar-refractivity contribution < 1.29 is 4.79 Å². The number of nitrogens with two attached hydrogens (primary N) is 1. The summed E-state index contributed by atoms with van der Waals surface area (Å²) < 4.78 is 1.73. The molecule has 1 aromatic rings. The van der Waals surface area contributed by atoms with E-state index in [-0.39, 0.29) is 23.7 Å². The first-order valence-electron chi connectivity index (χ1n) is 6.12. The van der Waals surface area contributed by atoms with E-state index in [9.17, 15) is 4.79 Å². The monoisotopic (exact) mass is 272 g/mol. The highest BCUT2D eigenvalue weighted by Gasteiger charge is 2.39. The molecule has 5 nitrogen and oxygen atoms in total. The van der Waals surface area contributed by atoms with E-state index in [1.165, 1.54) is 0 Å². The highest BCUT2D eigenvalue weighted by atomic mass is 35.5. The van der Waals surface area contributed by atoms with Gasteiger partial charge in [0.25, 0.3) is 0 Å². The Bertz CT molecular complexity index is 399. The summed E-state index contributed by atoms with van der Waals surface area (Å²) in [6, 6.07) is 0. The van der Waals surface area contributed by atoms with Crippen molar-refractivity contribution in [3.05, 3.63) is 18.0 Å².